The van der Waals surface area contributed by atoms with Crippen molar-refractivity contribution in [1.29, 1.82) is 0 Å². The second-order valence-corrected chi connectivity index (χ2v) is 7.34. The zero-order valence-electron chi connectivity index (χ0n) is 10.1. The van der Waals surface area contributed by atoms with Crippen molar-refractivity contribution < 1.29 is 8.42 Å². The van der Waals surface area contributed by atoms with Crippen molar-refractivity contribution in [2.75, 3.05) is 24.6 Å². The molecule has 0 radical (unpaired) electrons. The largest absolute Gasteiger partial charge is 0.311 e. The Kier molecular flexibility index (Phi) is 3.56. The molecule has 0 saturated carbocycles. The van der Waals surface area contributed by atoms with Crippen molar-refractivity contribution in [2.24, 2.45) is 0 Å². The summed E-state index contributed by atoms with van der Waals surface area (Å²) in [5, 5.41) is 3.50. The molecule has 0 aromatic heterocycles. The standard InChI is InChI=1S/C11H22N2O2S/c1-3-10-7-13(9(2)6-12-10)11-4-5-16(14,15)8-11/h9-12H,3-8H2,1-2H3. The highest BCUT2D eigenvalue weighted by Crippen LogP contribution is 2.22. The third-order valence-electron chi connectivity index (χ3n) is 3.87. The molecule has 2 fully saturated rings. The van der Waals surface area contributed by atoms with Crippen LogP contribution in [0.2, 0.25) is 0 Å². The quantitative estimate of drug-likeness (QED) is 0.758. The predicted octanol–water partition coefficient (Wildman–Crippen LogP) is 0.246. The Hall–Kier alpha value is -0.130. The number of nitrogens with one attached hydrogen (secondary N) is 1. The monoisotopic (exact) mass is 246 g/mol. The van der Waals surface area contributed by atoms with Crippen molar-refractivity contribution in [3.63, 3.8) is 0 Å². The summed E-state index contributed by atoms with van der Waals surface area (Å²) in [6.45, 7) is 6.34. The Balaban J connectivity index is 2.02. The van der Waals surface area contributed by atoms with Crippen LogP contribution in [0.3, 0.4) is 0 Å². The average molecular weight is 246 g/mol. The maximum absolute atomic E-state index is 11.5. The summed E-state index contributed by atoms with van der Waals surface area (Å²) in [5.74, 6) is 0.749. The highest BCUT2D eigenvalue weighted by atomic mass is 32.2. The fourth-order valence-corrected chi connectivity index (χ4v) is 4.52. The van der Waals surface area contributed by atoms with E-state index >= 15 is 0 Å². The van der Waals surface area contributed by atoms with Gasteiger partial charge in [0.25, 0.3) is 0 Å². The van der Waals surface area contributed by atoms with Crippen LogP contribution in [-0.4, -0.2) is 56.0 Å². The predicted molar refractivity (Wildman–Crippen MR) is 65.3 cm³/mol. The molecule has 3 atom stereocenters. The third kappa shape index (κ3) is 2.57. The molecule has 94 valence electrons. The molecule has 2 aliphatic heterocycles. The van der Waals surface area contributed by atoms with E-state index in [0.29, 0.717) is 23.6 Å². The van der Waals surface area contributed by atoms with Gasteiger partial charge in [0.15, 0.2) is 9.84 Å². The minimum Gasteiger partial charge on any atom is -0.311 e. The second kappa shape index (κ2) is 4.63. The third-order valence-corrected chi connectivity index (χ3v) is 5.62. The van der Waals surface area contributed by atoms with Crippen LogP contribution in [0.5, 0.6) is 0 Å². The lowest BCUT2D eigenvalue weighted by atomic mass is 10.0. The zero-order valence-corrected chi connectivity index (χ0v) is 11.0. The molecule has 2 saturated heterocycles. The fraction of sp³-hybridized carbons (Fsp3) is 1.00. The first-order valence-corrected chi connectivity index (χ1v) is 8.03. The lowest BCUT2D eigenvalue weighted by Crippen LogP contribution is -2.58. The first-order valence-electron chi connectivity index (χ1n) is 6.21. The van der Waals surface area contributed by atoms with E-state index in [4.69, 9.17) is 0 Å². The smallest absolute Gasteiger partial charge is 0.151 e. The number of piperazine rings is 1. The summed E-state index contributed by atoms with van der Waals surface area (Å²) in [7, 11) is -2.75. The Morgan fingerprint density at radius 2 is 2.19 bits per heavy atom. The number of hydrogen-bond acceptors (Lipinski definition) is 4. The summed E-state index contributed by atoms with van der Waals surface area (Å²) >= 11 is 0. The number of hydrogen-bond donors (Lipinski definition) is 1. The molecule has 3 unspecified atom stereocenters. The minimum absolute atomic E-state index is 0.260. The average Bonchev–Trinajstić information content (AvgIpc) is 2.59. The van der Waals surface area contributed by atoms with E-state index in [0.717, 1.165) is 25.9 Å². The van der Waals surface area contributed by atoms with Gasteiger partial charge in [0.1, 0.15) is 0 Å². The van der Waals surface area contributed by atoms with Crippen LogP contribution in [0, 0.1) is 0 Å². The van der Waals surface area contributed by atoms with Gasteiger partial charge in [-0.3, -0.25) is 4.90 Å². The molecular formula is C11H22N2O2S. The lowest BCUT2D eigenvalue weighted by Gasteiger charge is -2.41. The first kappa shape index (κ1) is 12.3. The minimum atomic E-state index is -2.75. The van der Waals surface area contributed by atoms with Gasteiger partial charge in [0.2, 0.25) is 0 Å². The van der Waals surface area contributed by atoms with Crippen molar-refractivity contribution in [3.05, 3.63) is 0 Å². The van der Waals surface area contributed by atoms with Crippen LogP contribution in [-0.2, 0) is 9.84 Å². The van der Waals surface area contributed by atoms with Gasteiger partial charge in [-0.1, -0.05) is 6.92 Å². The van der Waals surface area contributed by atoms with Crippen molar-refractivity contribution in [2.45, 2.75) is 44.8 Å². The molecule has 0 aromatic rings. The second-order valence-electron chi connectivity index (χ2n) is 5.12. The highest BCUT2D eigenvalue weighted by molar-refractivity contribution is 7.91. The number of nitrogens with zero attached hydrogens (tertiary/aromatic N) is 1. The van der Waals surface area contributed by atoms with Crippen LogP contribution in [0.1, 0.15) is 26.7 Å². The Morgan fingerprint density at radius 1 is 1.44 bits per heavy atom. The van der Waals surface area contributed by atoms with E-state index in [1.807, 2.05) is 0 Å². The molecule has 0 spiro atoms. The highest BCUT2D eigenvalue weighted by Gasteiger charge is 2.36. The topological polar surface area (TPSA) is 49.4 Å². The Bertz CT molecular complexity index is 342. The van der Waals surface area contributed by atoms with Gasteiger partial charge in [0.05, 0.1) is 11.5 Å². The Morgan fingerprint density at radius 3 is 2.75 bits per heavy atom. The van der Waals surface area contributed by atoms with Crippen molar-refractivity contribution in [3.8, 4) is 0 Å². The number of sulfone groups is 1. The molecule has 16 heavy (non-hydrogen) atoms. The zero-order chi connectivity index (χ0) is 11.8. The molecule has 2 heterocycles. The van der Waals surface area contributed by atoms with Gasteiger partial charge in [-0.15, -0.1) is 0 Å². The van der Waals surface area contributed by atoms with Gasteiger partial charge >= 0.3 is 0 Å². The molecule has 4 nitrogen and oxygen atoms in total. The van der Waals surface area contributed by atoms with E-state index in [2.05, 4.69) is 24.1 Å². The van der Waals surface area contributed by atoms with Crippen LogP contribution in [0.15, 0.2) is 0 Å². The summed E-state index contributed by atoms with van der Waals surface area (Å²) in [6, 6.07) is 1.25. The van der Waals surface area contributed by atoms with Gasteiger partial charge < -0.3 is 5.32 Å². The van der Waals surface area contributed by atoms with Crippen molar-refractivity contribution >= 4 is 9.84 Å². The van der Waals surface area contributed by atoms with Gasteiger partial charge in [-0.25, -0.2) is 8.42 Å². The summed E-state index contributed by atoms with van der Waals surface area (Å²) in [5.41, 5.74) is 0. The first-order chi connectivity index (χ1) is 7.52. The molecular weight excluding hydrogens is 224 g/mol. The number of rotatable bonds is 2. The summed E-state index contributed by atoms with van der Waals surface area (Å²) < 4.78 is 23.0. The summed E-state index contributed by atoms with van der Waals surface area (Å²) in [6.07, 6.45) is 1.94. The molecule has 0 amide bonds. The molecule has 0 aliphatic carbocycles. The molecule has 0 aromatic carbocycles. The van der Waals surface area contributed by atoms with E-state index in [1.165, 1.54) is 0 Å². The summed E-state index contributed by atoms with van der Waals surface area (Å²) in [4.78, 5) is 2.40. The molecule has 1 N–H and O–H groups in total. The maximum atomic E-state index is 11.5. The van der Waals surface area contributed by atoms with Crippen LogP contribution in [0.4, 0.5) is 0 Å². The lowest BCUT2D eigenvalue weighted by molar-refractivity contribution is 0.100. The van der Waals surface area contributed by atoms with E-state index in [9.17, 15) is 8.42 Å². The van der Waals surface area contributed by atoms with Gasteiger partial charge in [-0.05, 0) is 19.8 Å². The SMILES string of the molecule is CCC1CN(C2CCS(=O)(=O)C2)C(C)CN1. The molecule has 5 heteroatoms. The van der Waals surface area contributed by atoms with Crippen LogP contribution in [0.25, 0.3) is 0 Å². The Labute approximate surface area is 98.3 Å². The maximum Gasteiger partial charge on any atom is 0.151 e. The van der Waals surface area contributed by atoms with Crippen LogP contribution < -0.4 is 5.32 Å². The van der Waals surface area contributed by atoms with Gasteiger partial charge in [-0.2, -0.15) is 0 Å². The van der Waals surface area contributed by atoms with Crippen molar-refractivity contribution in [1.82, 2.24) is 10.2 Å². The molecule has 2 rings (SSSR count). The molecule has 0 bridgehead atoms. The fourth-order valence-electron chi connectivity index (χ4n) is 2.77. The van der Waals surface area contributed by atoms with Crippen LogP contribution >= 0.6 is 0 Å². The van der Waals surface area contributed by atoms with E-state index in [1.54, 1.807) is 0 Å². The van der Waals surface area contributed by atoms with Gasteiger partial charge in [0, 0.05) is 31.2 Å². The van der Waals surface area contributed by atoms with E-state index in [-0.39, 0.29) is 6.04 Å². The van der Waals surface area contributed by atoms with E-state index < -0.39 is 9.84 Å². The molecule has 2 aliphatic rings. The normalized spacial score (nSPS) is 40.0.